The first-order valence-corrected chi connectivity index (χ1v) is 9.70. The Morgan fingerprint density at radius 1 is 1.23 bits per heavy atom. The third kappa shape index (κ3) is 5.21. The zero-order valence-corrected chi connectivity index (χ0v) is 16.0. The number of hydrogen-bond donors (Lipinski definition) is 2. The first-order valence-electron chi connectivity index (χ1n) is 9.32. The fourth-order valence-corrected chi connectivity index (χ4v) is 3.23. The van der Waals surface area contributed by atoms with Crippen molar-refractivity contribution in [1.29, 1.82) is 0 Å². The SMILES string of the molecule is CCNC(=NCC1(c2cccc(Cl)c2)CC1)NCCCCn1cnnc1. The van der Waals surface area contributed by atoms with E-state index in [1.54, 1.807) is 12.7 Å². The molecule has 7 heteroatoms. The van der Waals surface area contributed by atoms with Crippen molar-refractivity contribution in [3.05, 3.63) is 47.5 Å². The molecule has 0 spiro atoms. The van der Waals surface area contributed by atoms with E-state index in [0.717, 1.165) is 50.0 Å². The molecular formula is C19H27ClN6. The molecule has 0 saturated heterocycles. The molecule has 0 unspecified atom stereocenters. The summed E-state index contributed by atoms with van der Waals surface area (Å²) in [5.41, 5.74) is 1.47. The van der Waals surface area contributed by atoms with Crippen LogP contribution in [0.15, 0.2) is 41.9 Å². The molecule has 0 aliphatic heterocycles. The van der Waals surface area contributed by atoms with Gasteiger partial charge in [-0.2, -0.15) is 0 Å². The highest BCUT2D eigenvalue weighted by atomic mass is 35.5. The van der Waals surface area contributed by atoms with Gasteiger partial charge in [-0.25, -0.2) is 0 Å². The number of aryl methyl sites for hydroxylation is 1. The number of aliphatic imine (C=N–C) groups is 1. The highest BCUT2D eigenvalue weighted by molar-refractivity contribution is 6.30. The quantitative estimate of drug-likeness (QED) is 0.402. The molecule has 0 amide bonds. The van der Waals surface area contributed by atoms with Gasteiger partial charge in [-0.3, -0.25) is 4.99 Å². The van der Waals surface area contributed by atoms with E-state index in [-0.39, 0.29) is 5.41 Å². The van der Waals surface area contributed by atoms with Crippen LogP contribution in [-0.4, -0.2) is 40.4 Å². The summed E-state index contributed by atoms with van der Waals surface area (Å²) < 4.78 is 2.00. The second kappa shape index (κ2) is 9.03. The maximum Gasteiger partial charge on any atom is 0.191 e. The van der Waals surface area contributed by atoms with Crippen molar-refractivity contribution in [3.63, 3.8) is 0 Å². The molecule has 1 aromatic heterocycles. The minimum absolute atomic E-state index is 0.168. The van der Waals surface area contributed by atoms with Crippen molar-refractivity contribution in [2.75, 3.05) is 19.6 Å². The Morgan fingerprint density at radius 3 is 2.73 bits per heavy atom. The van der Waals surface area contributed by atoms with E-state index in [2.05, 4.69) is 39.9 Å². The lowest BCUT2D eigenvalue weighted by atomic mass is 9.96. The van der Waals surface area contributed by atoms with Gasteiger partial charge in [0.1, 0.15) is 12.7 Å². The van der Waals surface area contributed by atoms with Crippen molar-refractivity contribution in [3.8, 4) is 0 Å². The molecule has 1 fully saturated rings. The van der Waals surface area contributed by atoms with Gasteiger partial charge in [0.05, 0.1) is 6.54 Å². The van der Waals surface area contributed by atoms with Crippen molar-refractivity contribution in [2.45, 2.75) is 44.6 Å². The summed E-state index contributed by atoms with van der Waals surface area (Å²) in [6.45, 7) is 5.59. The molecule has 1 aliphatic rings. The Hall–Kier alpha value is -2.08. The molecule has 140 valence electrons. The largest absolute Gasteiger partial charge is 0.357 e. The van der Waals surface area contributed by atoms with Crippen molar-refractivity contribution >= 4 is 17.6 Å². The van der Waals surface area contributed by atoms with Crippen LogP contribution < -0.4 is 10.6 Å². The Balaban J connectivity index is 1.47. The number of hydrogen-bond acceptors (Lipinski definition) is 3. The number of nitrogens with zero attached hydrogens (tertiary/aromatic N) is 4. The number of halogens is 1. The van der Waals surface area contributed by atoms with Gasteiger partial charge in [-0.05, 0) is 50.3 Å². The van der Waals surface area contributed by atoms with Crippen LogP contribution in [0.5, 0.6) is 0 Å². The van der Waals surface area contributed by atoms with Crippen LogP contribution in [0.4, 0.5) is 0 Å². The molecule has 0 radical (unpaired) electrons. The van der Waals surface area contributed by atoms with Crippen molar-refractivity contribution < 1.29 is 0 Å². The Kier molecular flexibility index (Phi) is 6.50. The standard InChI is InChI=1S/C19H27ClN6/c1-2-21-18(22-10-3-4-11-26-14-24-25-15-26)23-13-19(8-9-19)16-6-5-7-17(20)12-16/h5-7,12,14-15H,2-4,8-11,13H2,1H3,(H2,21,22,23). The van der Waals surface area contributed by atoms with Gasteiger partial charge < -0.3 is 15.2 Å². The van der Waals surface area contributed by atoms with Gasteiger partial charge in [0.25, 0.3) is 0 Å². The first kappa shape index (κ1) is 18.7. The summed E-state index contributed by atoms with van der Waals surface area (Å²) in [7, 11) is 0. The van der Waals surface area contributed by atoms with Crippen LogP contribution in [-0.2, 0) is 12.0 Å². The van der Waals surface area contributed by atoms with E-state index in [1.165, 1.54) is 18.4 Å². The van der Waals surface area contributed by atoms with Crippen LogP contribution in [0, 0.1) is 0 Å². The number of aromatic nitrogens is 3. The van der Waals surface area contributed by atoms with E-state index in [4.69, 9.17) is 16.6 Å². The second-order valence-corrected chi connectivity index (χ2v) is 7.26. The van der Waals surface area contributed by atoms with Gasteiger partial charge in [0, 0.05) is 30.1 Å². The number of nitrogens with one attached hydrogen (secondary N) is 2. The van der Waals surface area contributed by atoms with E-state index < -0.39 is 0 Å². The summed E-state index contributed by atoms with van der Waals surface area (Å²) in [4.78, 5) is 4.83. The molecule has 1 aromatic carbocycles. The van der Waals surface area contributed by atoms with Crippen molar-refractivity contribution in [2.24, 2.45) is 4.99 Å². The topological polar surface area (TPSA) is 67.1 Å². The lowest BCUT2D eigenvalue weighted by Gasteiger charge is -2.16. The monoisotopic (exact) mass is 374 g/mol. The summed E-state index contributed by atoms with van der Waals surface area (Å²) >= 11 is 6.16. The van der Waals surface area contributed by atoms with Crippen LogP contribution in [0.1, 0.15) is 38.2 Å². The molecule has 1 aliphatic carbocycles. The molecule has 0 bridgehead atoms. The van der Waals surface area contributed by atoms with Crippen LogP contribution >= 0.6 is 11.6 Å². The highest BCUT2D eigenvalue weighted by Crippen LogP contribution is 2.48. The van der Waals surface area contributed by atoms with Gasteiger partial charge in [0.15, 0.2) is 5.96 Å². The third-order valence-corrected chi connectivity index (χ3v) is 5.01. The molecule has 3 rings (SSSR count). The molecule has 1 heterocycles. The summed E-state index contributed by atoms with van der Waals surface area (Å²) in [5.74, 6) is 0.894. The molecule has 26 heavy (non-hydrogen) atoms. The number of guanidine groups is 1. The van der Waals surface area contributed by atoms with Gasteiger partial charge in [-0.15, -0.1) is 10.2 Å². The summed E-state index contributed by atoms with van der Waals surface area (Å²) in [6.07, 6.45) is 8.01. The molecule has 1 saturated carbocycles. The summed E-state index contributed by atoms with van der Waals surface area (Å²) in [6, 6.07) is 8.20. The average Bonchev–Trinajstić information content (AvgIpc) is 3.26. The smallest absolute Gasteiger partial charge is 0.191 e. The van der Waals surface area contributed by atoms with Crippen LogP contribution in [0.3, 0.4) is 0 Å². The van der Waals surface area contributed by atoms with E-state index in [1.807, 2.05) is 16.7 Å². The molecule has 0 atom stereocenters. The van der Waals surface area contributed by atoms with E-state index in [0.29, 0.717) is 0 Å². The number of unbranched alkanes of at least 4 members (excludes halogenated alkanes) is 1. The van der Waals surface area contributed by atoms with Gasteiger partial charge in [-0.1, -0.05) is 23.7 Å². The fourth-order valence-electron chi connectivity index (χ4n) is 3.04. The Bertz CT molecular complexity index is 709. The average molecular weight is 375 g/mol. The van der Waals surface area contributed by atoms with Crippen LogP contribution in [0.2, 0.25) is 5.02 Å². The Labute approximate surface area is 160 Å². The van der Waals surface area contributed by atoms with E-state index in [9.17, 15) is 0 Å². The molecule has 2 aromatic rings. The molecule has 2 N–H and O–H groups in total. The zero-order valence-electron chi connectivity index (χ0n) is 15.3. The second-order valence-electron chi connectivity index (χ2n) is 6.82. The normalized spacial score (nSPS) is 15.7. The summed E-state index contributed by atoms with van der Waals surface area (Å²) in [5, 5.41) is 15.2. The van der Waals surface area contributed by atoms with Gasteiger partial charge >= 0.3 is 0 Å². The van der Waals surface area contributed by atoms with Gasteiger partial charge in [0.2, 0.25) is 0 Å². The predicted octanol–water partition coefficient (Wildman–Crippen LogP) is 3.00. The molecule has 6 nitrogen and oxygen atoms in total. The van der Waals surface area contributed by atoms with Crippen molar-refractivity contribution in [1.82, 2.24) is 25.4 Å². The lowest BCUT2D eigenvalue weighted by Crippen LogP contribution is -2.38. The fraction of sp³-hybridized carbons (Fsp3) is 0.526. The third-order valence-electron chi connectivity index (χ3n) is 4.78. The predicted molar refractivity (Wildman–Crippen MR) is 106 cm³/mol. The number of rotatable bonds is 9. The minimum atomic E-state index is 0.168. The first-order chi connectivity index (χ1) is 12.7. The minimum Gasteiger partial charge on any atom is -0.357 e. The lowest BCUT2D eigenvalue weighted by molar-refractivity contribution is 0.596. The molecular weight excluding hydrogens is 348 g/mol. The van der Waals surface area contributed by atoms with E-state index >= 15 is 0 Å². The number of benzene rings is 1. The Morgan fingerprint density at radius 2 is 2.04 bits per heavy atom. The highest BCUT2D eigenvalue weighted by Gasteiger charge is 2.44. The maximum absolute atomic E-state index is 6.16. The zero-order chi connectivity index (χ0) is 18.2. The maximum atomic E-state index is 6.16. The van der Waals surface area contributed by atoms with Crippen LogP contribution in [0.25, 0.3) is 0 Å².